The lowest BCUT2D eigenvalue weighted by atomic mass is 10.1. The van der Waals surface area contributed by atoms with E-state index in [-0.39, 0.29) is 0 Å². The lowest BCUT2D eigenvalue weighted by molar-refractivity contribution is 1.37. The maximum atomic E-state index is 4.26. The molecule has 0 saturated heterocycles. The van der Waals surface area contributed by atoms with Crippen molar-refractivity contribution in [2.45, 2.75) is 13.3 Å². The molecule has 2 aliphatic rings. The number of rotatable bonds is 0. The second kappa shape index (κ2) is 1.90. The summed E-state index contributed by atoms with van der Waals surface area (Å²) in [6.45, 7) is 1.92. The van der Waals surface area contributed by atoms with Gasteiger partial charge < -0.3 is 0 Å². The fourth-order valence-electron chi connectivity index (χ4n) is 1.14. The number of hydrogen-bond acceptors (Lipinski definition) is 2. The van der Waals surface area contributed by atoms with Crippen LogP contribution >= 0.6 is 0 Å². The van der Waals surface area contributed by atoms with Gasteiger partial charge in [-0.25, -0.2) is 9.98 Å². The minimum atomic E-state index is 0.880. The van der Waals surface area contributed by atoms with Crippen molar-refractivity contribution in [1.29, 1.82) is 0 Å². The topological polar surface area (TPSA) is 24.7 Å². The summed E-state index contributed by atoms with van der Waals surface area (Å²) in [6.07, 6.45) is 7.05. The molecule has 0 bridgehead atoms. The van der Waals surface area contributed by atoms with E-state index in [0.717, 1.165) is 23.7 Å². The molecule has 0 fully saturated rings. The van der Waals surface area contributed by atoms with Gasteiger partial charge in [-0.3, -0.25) is 0 Å². The van der Waals surface area contributed by atoms with Crippen molar-refractivity contribution in [3.63, 3.8) is 0 Å². The van der Waals surface area contributed by atoms with E-state index in [4.69, 9.17) is 0 Å². The van der Waals surface area contributed by atoms with Crippen molar-refractivity contribution in [3.8, 4) is 0 Å². The zero-order valence-corrected chi connectivity index (χ0v) is 5.83. The third-order valence-corrected chi connectivity index (χ3v) is 1.58. The molecule has 2 nitrogen and oxygen atoms in total. The van der Waals surface area contributed by atoms with Crippen LogP contribution in [-0.2, 0) is 0 Å². The van der Waals surface area contributed by atoms with Crippen LogP contribution in [0.2, 0.25) is 0 Å². The Morgan fingerprint density at radius 2 is 2.30 bits per heavy atom. The number of fused-ring (bicyclic) bond motifs is 1. The first-order valence-electron chi connectivity index (χ1n) is 3.36. The Morgan fingerprint density at radius 3 is 3.10 bits per heavy atom. The van der Waals surface area contributed by atoms with Crippen molar-refractivity contribution in [2.24, 2.45) is 9.98 Å². The summed E-state index contributed by atoms with van der Waals surface area (Å²) in [4.78, 5) is 8.49. The van der Waals surface area contributed by atoms with Crippen LogP contribution < -0.4 is 0 Å². The van der Waals surface area contributed by atoms with E-state index in [1.807, 2.05) is 19.1 Å². The van der Waals surface area contributed by atoms with Gasteiger partial charge in [0.15, 0.2) is 0 Å². The second-order valence-electron chi connectivity index (χ2n) is 2.40. The molecule has 1 heterocycles. The number of amidine groups is 1. The maximum absolute atomic E-state index is 4.26. The Labute approximate surface area is 59.7 Å². The van der Waals surface area contributed by atoms with E-state index in [9.17, 15) is 0 Å². The van der Waals surface area contributed by atoms with Gasteiger partial charge in [-0.05, 0) is 13.0 Å². The standard InChI is InChI=1S/C8H8N2/c1-6-9-7-4-2-3-5-8(7)10-6/h2-4H,5H2,1H3. The van der Waals surface area contributed by atoms with Crippen LogP contribution in [0.1, 0.15) is 13.3 Å². The van der Waals surface area contributed by atoms with Crippen LogP contribution in [0, 0.1) is 0 Å². The van der Waals surface area contributed by atoms with Gasteiger partial charge in [-0.2, -0.15) is 0 Å². The predicted molar refractivity (Wildman–Crippen MR) is 42.4 cm³/mol. The van der Waals surface area contributed by atoms with E-state index in [1.54, 1.807) is 0 Å². The fraction of sp³-hybridized carbons (Fsp3) is 0.250. The zero-order valence-electron chi connectivity index (χ0n) is 5.83. The average molecular weight is 132 g/mol. The molecule has 0 aromatic carbocycles. The molecule has 0 aromatic heterocycles. The summed E-state index contributed by atoms with van der Waals surface area (Å²) in [6, 6.07) is 0. The van der Waals surface area contributed by atoms with E-state index in [0.29, 0.717) is 0 Å². The number of aliphatic imine (C=N–C) groups is 2. The fourth-order valence-corrected chi connectivity index (χ4v) is 1.14. The minimum absolute atomic E-state index is 0.880. The normalized spacial score (nSPS) is 21.5. The molecule has 0 unspecified atom stereocenters. The first kappa shape index (κ1) is 5.59. The molecule has 1 aliphatic heterocycles. The van der Waals surface area contributed by atoms with Gasteiger partial charge in [0.25, 0.3) is 0 Å². The Kier molecular flexibility index (Phi) is 1.07. The summed E-state index contributed by atoms with van der Waals surface area (Å²) < 4.78 is 0. The van der Waals surface area contributed by atoms with Crippen molar-refractivity contribution < 1.29 is 0 Å². The second-order valence-corrected chi connectivity index (χ2v) is 2.40. The largest absolute Gasteiger partial charge is 0.236 e. The van der Waals surface area contributed by atoms with Crippen molar-refractivity contribution in [2.75, 3.05) is 0 Å². The molecule has 0 amide bonds. The van der Waals surface area contributed by atoms with Gasteiger partial charge in [0.1, 0.15) is 5.84 Å². The third-order valence-electron chi connectivity index (χ3n) is 1.58. The lowest BCUT2D eigenvalue weighted by Crippen LogP contribution is -1.97. The molecule has 2 rings (SSSR count). The first-order chi connectivity index (χ1) is 4.86. The zero-order chi connectivity index (χ0) is 6.97. The molecule has 0 atom stereocenters. The highest BCUT2D eigenvalue weighted by Crippen LogP contribution is 2.16. The van der Waals surface area contributed by atoms with Crippen LogP contribution in [0.5, 0.6) is 0 Å². The molecule has 0 spiro atoms. The van der Waals surface area contributed by atoms with Crippen LogP contribution in [0.3, 0.4) is 0 Å². The van der Waals surface area contributed by atoms with Gasteiger partial charge >= 0.3 is 0 Å². The van der Waals surface area contributed by atoms with Crippen LogP contribution in [-0.4, -0.2) is 11.5 Å². The molecule has 0 radical (unpaired) electrons. The molecule has 10 heavy (non-hydrogen) atoms. The molecular formula is C8H8N2. The Morgan fingerprint density at radius 1 is 1.40 bits per heavy atom. The molecule has 50 valence electrons. The summed E-state index contributed by atoms with van der Waals surface area (Å²) >= 11 is 0. The van der Waals surface area contributed by atoms with Crippen LogP contribution in [0.15, 0.2) is 33.9 Å². The smallest absolute Gasteiger partial charge is 0.126 e. The number of nitrogens with zero attached hydrogens (tertiary/aromatic N) is 2. The van der Waals surface area contributed by atoms with Gasteiger partial charge in [0.2, 0.25) is 0 Å². The summed E-state index contributed by atoms with van der Waals surface area (Å²) in [7, 11) is 0. The minimum Gasteiger partial charge on any atom is -0.236 e. The van der Waals surface area contributed by atoms with E-state index < -0.39 is 0 Å². The summed E-state index contributed by atoms with van der Waals surface area (Å²) in [5, 5.41) is 0. The maximum Gasteiger partial charge on any atom is 0.126 e. The molecule has 1 aliphatic carbocycles. The van der Waals surface area contributed by atoms with Gasteiger partial charge in [-0.1, -0.05) is 12.2 Å². The third kappa shape index (κ3) is 0.727. The summed E-state index contributed by atoms with van der Waals surface area (Å²) in [5.74, 6) is 0.880. The molecule has 2 heteroatoms. The molecule has 0 aromatic rings. The van der Waals surface area contributed by atoms with Gasteiger partial charge in [0.05, 0.1) is 11.4 Å². The molecule has 0 N–H and O–H groups in total. The molecule has 0 saturated carbocycles. The Hall–Kier alpha value is -1.18. The van der Waals surface area contributed by atoms with Crippen LogP contribution in [0.25, 0.3) is 0 Å². The van der Waals surface area contributed by atoms with E-state index in [2.05, 4.69) is 16.1 Å². The summed E-state index contributed by atoms with van der Waals surface area (Å²) in [5.41, 5.74) is 2.15. The Bertz CT molecular complexity index is 280. The van der Waals surface area contributed by atoms with Crippen molar-refractivity contribution >= 4 is 11.5 Å². The van der Waals surface area contributed by atoms with Gasteiger partial charge in [0, 0.05) is 6.42 Å². The highest BCUT2D eigenvalue weighted by molar-refractivity contribution is 6.13. The van der Waals surface area contributed by atoms with E-state index in [1.165, 1.54) is 0 Å². The lowest BCUT2D eigenvalue weighted by Gasteiger charge is -1.99. The van der Waals surface area contributed by atoms with Crippen molar-refractivity contribution in [1.82, 2.24) is 0 Å². The van der Waals surface area contributed by atoms with Crippen LogP contribution in [0.4, 0.5) is 0 Å². The first-order valence-corrected chi connectivity index (χ1v) is 3.36. The SMILES string of the molecule is CC1=NC2=CC=CCC2=N1. The predicted octanol–water partition coefficient (Wildman–Crippen LogP) is 1.70. The highest BCUT2D eigenvalue weighted by Gasteiger charge is 2.12. The average Bonchev–Trinajstić information content (AvgIpc) is 2.27. The van der Waals surface area contributed by atoms with E-state index >= 15 is 0 Å². The Balaban J connectivity index is 2.45. The van der Waals surface area contributed by atoms with Gasteiger partial charge in [-0.15, -0.1) is 0 Å². The quantitative estimate of drug-likeness (QED) is 0.479. The monoisotopic (exact) mass is 132 g/mol. The van der Waals surface area contributed by atoms with Crippen molar-refractivity contribution in [3.05, 3.63) is 23.9 Å². The number of hydrogen-bond donors (Lipinski definition) is 0. The number of allylic oxidation sites excluding steroid dienone is 4. The highest BCUT2D eigenvalue weighted by atomic mass is 15.0. The molecular weight excluding hydrogens is 124 g/mol.